The highest BCUT2D eigenvalue weighted by Gasteiger charge is 2.20. The molecule has 162 valence electrons. The molecule has 2 N–H and O–H groups in total. The summed E-state index contributed by atoms with van der Waals surface area (Å²) < 4.78 is 11.1. The molecule has 0 spiro atoms. The van der Waals surface area contributed by atoms with Crippen molar-refractivity contribution in [1.29, 1.82) is 0 Å². The van der Waals surface area contributed by atoms with Crippen molar-refractivity contribution in [1.82, 2.24) is 15.5 Å². The average Bonchev–Trinajstić information content (AvgIpc) is 3.14. The van der Waals surface area contributed by atoms with Gasteiger partial charge in [0.25, 0.3) is 0 Å². The maximum atomic E-state index is 5.76. The molecule has 0 aromatic rings. The lowest BCUT2D eigenvalue weighted by Gasteiger charge is -2.30. The number of guanidine groups is 1. The van der Waals surface area contributed by atoms with Gasteiger partial charge in [-0.15, -0.1) is 24.0 Å². The predicted molar refractivity (Wildman–Crippen MR) is 125 cm³/mol. The molecule has 1 saturated heterocycles. The molecule has 0 saturated carbocycles. The Balaban J connectivity index is 0.00000676. The smallest absolute Gasteiger partial charge is 0.191 e. The van der Waals surface area contributed by atoms with Crippen LogP contribution >= 0.6 is 24.0 Å². The molecular formula is C20H43IN4O2. The number of aliphatic imine (C=N–C) groups is 1. The first kappa shape index (κ1) is 26.9. The molecule has 2 unspecified atom stereocenters. The Hall–Kier alpha value is -0.120. The second kappa shape index (κ2) is 16.8. The van der Waals surface area contributed by atoms with Crippen LogP contribution in [0.4, 0.5) is 0 Å². The third-order valence-electron chi connectivity index (χ3n) is 5.17. The van der Waals surface area contributed by atoms with Crippen molar-refractivity contribution in [2.24, 2.45) is 16.8 Å². The molecule has 1 fully saturated rings. The van der Waals surface area contributed by atoms with Gasteiger partial charge in [-0.1, -0.05) is 26.7 Å². The summed E-state index contributed by atoms with van der Waals surface area (Å²) in [6.45, 7) is 12.6. The largest absolute Gasteiger partial charge is 0.381 e. The number of nitrogens with one attached hydrogen (secondary N) is 2. The Kier molecular flexibility index (Phi) is 16.7. The molecule has 7 heteroatoms. The van der Waals surface area contributed by atoms with E-state index in [0.29, 0.717) is 17.9 Å². The van der Waals surface area contributed by atoms with Crippen LogP contribution in [0, 0.1) is 11.8 Å². The van der Waals surface area contributed by atoms with Crippen LogP contribution in [-0.2, 0) is 9.47 Å². The fourth-order valence-corrected chi connectivity index (χ4v) is 3.44. The Morgan fingerprint density at radius 2 is 1.96 bits per heavy atom. The summed E-state index contributed by atoms with van der Waals surface area (Å²) in [7, 11) is 4.32. The molecule has 0 amide bonds. The summed E-state index contributed by atoms with van der Waals surface area (Å²) >= 11 is 0. The lowest BCUT2D eigenvalue weighted by molar-refractivity contribution is 0.0888. The minimum absolute atomic E-state index is 0. The number of hydrogen-bond donors (Lipinski definition) is 2. The van der Waals surface area contributed by atoms with Crippen LogP contribution in [0.15, 0.2) is 4.99 Å². The molecule has 0 radical (unpaired) electrons. The van der Waals surface area contributed by atoms with E-state index >= 15 is 0 Å². The van der Waals surface area contributed by atoms with E-state index < -0.39 is 0 Å². The minimum atomic E-state index is 0. The summed E-state index contributed by atoms with van der Waals surface area (Å²) in [4.78, 5) is 7.14. The molecule has 0 aromatic heterocycles. The van der Waals surface area contributed by atoms with Gasteiger partial charge < -0.3 is 25.0 Å². The fraction of sp³-hybridized carbons (Fsp3) is 0.950. The van der Waals surface area contributed by atoms with Crippen LogP contribution in [0.25, 0.3) is 0 Å². The zero-order chi connectivity index (χ0) is 19.2. The number of nitrogens with zero attached hydrogens (tertiary/aromatic N) is 2. The molecule has 0 aliphatic carbocycles. The third kappa shape index (κ3) is 11.5. The van der Waals surface area contributed by atoms with Gasteiger partial charge in [-0.05, 0) is 39.8 Å². The van der Waals surface area contributed by atoms with Crippen molar-refractivity contribution >= 4 is 29.9 Å². The number of rotatable bonds is 13. The molecule has 1 aliphatic rings. The van der Waals surface area contributed by atoms with Crippen molar-refractivity contribution in [3.63, 3.8) is 0 Å². The van der Waals surface area contributed by atoms with Crippen LogP contribution in [0.3, 0.4) is 0 Å². The van der Waals surface area contributed by atoms with Gasteiger partial charge in [0.05, 0.1) is 19.8 Å². The van der Waals surface area contributed by atoms with E-state index in [-0.39, 0.29) is 24.0 Å². The van der Waals surface area contributed by atoms with E-state index in [9.17, 15) is 0 Å². The lowest BCUT2D eigenvalue weighted by Crippen LogP contribution is -2.41. The van der Waals surface area contributed by atoms with E-state index in [1.54, 1.807) is 0 Å². The van der Waals surface area contributed by atoms with Crippen LogP contribution in [-0.4, -0.2) is 77.1 Å². The Bertz CT molecular complexity index is 373. The molecule has 2 atom stereocenters. The maximum Gasteiger partial charge on any atom is 0.191 e. The SMILES string of the molecule is CCNC(=NCC(C(CC)CC)N(C)C)NCCCOCC1CCOC1.I. The summed E-state index contributed by atoms with van der Waals surface area (Å²) in [6.07, 6.45) is 4.52. The van der Waals surface area contributed by atoms with Gasteiger partial charge in [-0.25, -0.2) is 0 Å². The average molecular weight is 498 g/mol. The van der Waals surface area contributed by atoms with Crippen LogP contribution in [0.1, 0.15) is 46.5 Å². The number of hydrogen-bond acceptors (Lipinski definition) is 4. The summed E-state index contributed by atoms with van der Waals surface area (Å²) in [5.41, 5.74) is 0. The van der Waals surface area contributed by atoms with Gasteiger partial charge in [0.15, 0.2) is 5.96 Å². The first-order valence-corrected chi connectivity index (χ1v) is 10.5. The van der Waals surface area contributed by atoms with E-state index in [1.807, 2.05) is 0 Å². The van der Waals surface area contributed by atoms with Gasteiger partial charge in [0.1, 0.15) is 0 Å². The first-order chi connectivity index (χ1) is 12.6. The van der Waals surface area contributed by atoms with Gasteiger partial charge >= 0.3 is 0 Å². The van der Waals surface area contributed by atoms with E-state index in [0.717, 1.165) is 64.9 Å². The van der Waals surface area contributed by atoms with Crippen molar-refractivity contribution in [3.05, 3.63) is 0 Å². The zero-order valence-electron chi connectivity index (χ0n) is 18.1. The van der Waals surface area contributed by atoms with Crippen LogP contribution in [0.2, 0.25) is 0 Å². The normalized spacial score (nSPS) is 18.6. The van der Waals surface area contributed by atoms with E-state index in [4.69, 9.17) is 14.5 Å². The highest BCUT2D eigenvalue weighted by atomic mass is 127. The van der Waals surface area contributed by atoms with Crippen LogP contribution < -0.4 is 10.6 Å². The first-order valence-electron chi connectivity index (χ1n) is 10.5. The second-order valence-corrected chi connectivity index (χ2v) is 7.41. The van der Waals surface area contributed by atoms with Gasteiger partial charge in [0.2, 0.25) is 0 Å². The Labute approximate surface area is 184 Å². The molecule has 0 bridgehead atoms. The fourth-order valence-electron chi connectivity index (χ4n) is 3.44. The highest BCUT2D eigenvalue weighted by molar-refractivity contribution is 14.0. The van der Waals surface area contributed by atoms with Crippen LogP contribution in [0.5, 0.6) is 0 Å². The summed E-state index contributed by atoms with van der Waals surface area (Å²) in [5.74, 6) is 2.19. The van der Waals surface area contributed by atoms with Crippen molar-refractivity contribution in [2.45, 2.75) is 52.5 Å². The standard InChI is InChI=1S/C20H42N4O2.HI/c1-6-18(7-2)19(24(4)5)14-23-20(21-8-3)22-11-9-12-25-15-17-10-13-26-16-17;/h17-19H,6-16H2,1-5H3,(H2,21,22,23);1H. The molecule has 27 heavy (non-hydrogen) atoms. The molecule has 6 nitrogen and oxygen atoms in total. The van der Waals surface area contributed by atoms with Crippen molar-refractivity contribution in [3.8, 4) is 0 Å². The quantitative estimate of drug-likeness (QED) is 0.177. The number of ether oxygens (including phenoxy) is 2. The van der Waals surface area contributed by atoms with E-state index in [2.05, 4.69) is 50.4 Å². The Morgan fingerprint density at radius 1 is 1.22 bits per heavy atom. The topological polar surface area (TPSA) is 58.1 Å². The zero-order valence-corrected chi connectivity index (χ0v) is 20.5. The lowest BCUT2D eigenvalue weighted by atomic mass is 9.93. The number of likely N-dealkylation sites (N-methyl/N-ethyl adjacent to an activating group) is 1. The molecule has 0 aromatic carbocycles. The molecule has 1 heterocycles. The Morgan fingerprint density at radius 3 is 2.52 bits per heavy atom. The van der Waals surface area contributed by atoms with Gasteiger partial charge in [-0.3, -0.25) is 4.99 Å². The maximum absolute atomic E-state index is 5.76. The monoisotopic (exact) mass is 498 g/mol. The summed E-state index contributed by atoms with van der Waals surface area (Å²) in [6, 6.07) is 0.484. The minimum Gasteiger partial charge on any atom is -0.381 e. The molecular weight excluding hydrogens is 455 g/mol. The van der Waals surface area contributed by atoms with Crippen molar-refractivity contribution in [2.75, 3.05) is 60.2 Å². The van der Waals surface area contributed by atoms with Gasteiger partial charge in [-0.2, -0.15) is 0 Å². The molecule has 1 rings (SSSR count). The molecule has 1 aliphatic heterocycles. The van der Waals surface area contributed by atoms with Gasteiger partial charge in [0, 0.05) is 38.3 Å². The van der Waals surface area contributed by atoms with Crippen molar-refractivity contribution < 1.29 is 9.47 Å². The highest BCUT2D eigenvalue weighted by Crippen LogP contribution is 2.17. The summed E-state index contributed by atoms with van der Waals surface area (Å²) in [5, 5.41) is 6.78. The second-order valence-electron chi connectivity index (χ2n) is 7.41. The number of halogens is 1. The predicted octanol–water partition coefficient (Wildman–Crippen LogP) is 2.97. The third-order valence-corrected chi connectivity index (χ3v) is 5.17. The van der Waals surface area contributed by atoms with E-state index in [1.165, 1.54) is 12.8 Å².